The van der Waals surface area contributed by atoms with Crippen molar-refractivity contribution in [3.63, 3.8) is 0 Å². The Balaban J connectivity index is 1.72. The van der Waals surface area contributed by atoms with E-state index in [1.807, 2.05) is 6.20 Å². The van der Waals surface area contributed by atoms with Gasteiger partial charge < -0.3 is 24.9 Å². The number of rotatable bonds is 8. The first-order valence-electron chi connectivity index (χ1n) is 7.76. The highest BCUT2D eigenvalue weighted by Crippen LogP contribution is 2.16. The summed E-state index contributed by atoms with van der Waals surface area (Å²) in [6.07, 6.45) is 4.51. The SMILES string of the molecule is CCCCc1ncc(CNC[C@@H]2COC[C@@H](OC)[C@H]2O)[nH]1. The topological polar surface area (TPSA) is 79.4 Å². The van der Waals surface area contributed by atoms with Crippen molar-refractivity contribution in [1.82, 2.24) is 15.3 Å². The molecule has 21 heavy (non-hydrogen) atoms. The Morgan fingerprint density at radius 1 is 1.52 bits per heavy atom. The minimum Gasteiger partial charge on any atom is -0.390 e. The second-order valence-electron chi connectivity index (χ2n) is 5.65. The summed E-state index contributed by atoms with van der Waals surface area (Å²) >= 11 is 0. The highest BCUT2D eigenvalue weighted by molar-refractivity contribution is 5.01. The zero-order valence-electron chi connectivity index (χ0n) is 13.0. The number of aliphatic hydroxyl groups excluding tert-OH is 1. The van der Waals surface area contributed by atoms with Crippen LogP contribution in [-0.2, 0) is 22.4 Å². The molecule has 1 aromatic heterocycles. The van der Waals surface area contributed by atoms with Crippen molar-refractivity contribution in [2.24, 2.45) is 5.92 Å². The molecule has 0 saturated carbocycles. The molecule has 0 bridgehead atoms. The molecule has 0 unspecified atom stereocenters. The van der Waals surface area contributed by atoms with Crippen molar-refractivity contribution in [1.29, 1.82) is 0 Å². The first-order valence-corrected chi connectivity index (χ1v) is 7.76. The fourth-order valence-electron chi connectivity index (χ4n) is 2.58. The Labute approximate surface area is 126 Å². The van der Waals surface area contributed by atoms with Crippen LogP contribution in [-0.4, -0.2) is 54.2 Å². The van der Waals surface area contributed by atoms with Gasteiger partial charge in [0.05, 0.1) is 19.3 Å². The zero-order chi connectivity index (χ0) is 15.1. The average Bonchev–Trinajstić information content (AvgIpc) is 2.95. The number of unbranched alkanes of at least 4 members (excludes halogenated alkanes) is 1. The third-order valence-corrected chi connectivity index (χ3v) is 3.95. The smallest absolute Gasteiger partial charge is 0.107 e. The standard InChI is InChI=1S/C15H27N3O3/c1-3-4-5-14-17-8-12(18-14)7-16-6-11-9-21-10-13(20-2)15(11)19/h8,11,13,15-16,19H,3-7,9-10H2,1-2H3,(H,17,18)/t11-,13-,15+/m1/s1. The van der Waals surface area contributed by atoms with Crippen LogP contribution < -0.4 is 5.32 Å². The maximum atomic E-state index is 10.2. The number of aryl methyl sites for hydroxylation is 1. The molecule has 0 aliphatic carbocycles. The molecule has 2 heterocycles. The molecule has 1 aliphatic heterocycles. The van der Waals surface area contributed by atoms with E-state index in [-0.39, 0.29) is 12.0 Å². The van der Waals surface area contributed by atoms with E-state index in [4.69, 9.17) is 9.47 Å². The number of hydrogen-bond acceptors (Lipinski definition) is 5. The number of aromatic nitrogens is 2. The minimum atomic E-state index is -0.474. The van der Waals surface area contributed by atoms with Crippen LogP contribution in [0.15, 0.2) is 6.20 Å². The third-order valence-electron chi connectivity index (χ3n) is 3.95. The monoisotopic (exact) mass is 297 g/mol. The highest BCUT2D eigenvalue weighted by Gasteiger charge is 2.32. The fraction of sp³-hybridized carbons (Fsp3) is 0.800. The highest BCUT2D eigenvalue weighted by atomic mass is 16.5. The van der Waals surface area contributed by atoms with Crippen LogP contribution in [0.2, 0.25) is 0 Å². The van der Waals surface area contributed by atoms with E-state index in [9.17, 15) is 5.11 Å². The van der Waals surface area contributed by atoms with E-state index in [1.54, 1.807) is 7.11 Å². The van der Waals surface area contributed by atoms with Crippen molar-refractivity contribution < 1.29 is 14.6 Å². The van der Waals surface area contributed by atoms with Gasteiger partial charge in [-0.3, -0.25) is 0 Å². The molecular weight excluding hydrogens is 270 g/mol. The number of aliphatic hydroxyl groups is 1. The number of nitrogens with zero attached hydrogens (tertiary/aromatic N) is 1. The predicted molar refractivity (Wildman–Crippen MR) is 80.0 cm³/mol. The van der Waals surface area contributed by atoms with E-state index < -0.39 is 6.10 Å². The quantitative estimate of drug-likeness (QED) is 0.663. The van der Waals surface area contributed by atoms with E-state index in [0.29, 0.717) is 19.8 Å². The Kier molecular flexibility index (Phi) is 6.63. The number of ether oxygens (including phenoxy) is 2. The molecule has 3 N–H and O–H groups in total. The van der Waals surface area contributed by atoms with Crippen LogP contribution >= 0.6 is 0 Å². The molecule has 0 amide bonds. The van der Waals surface area contributed by atoms with Gasteiger partial charge in [0.1, 0.15) is 11.9 Å². The molecule has 0 aromatic carbocycles. The third kappa shape index (κ3) is 4.78. The van der Waals surface area contributed by atoms with Crippen molar-refractivity contribution in [2.45, 2.75) is 44.9 Å². The average molecular weight is 297 g/mol. The second-order valence-corrected chi connectivity index (χ2v) is 5.65. The van der Waals surface area contributed by atoms with Gasteiger partial charge in [-0.1, -0.05) is 13.3 Å². The summed E-state index contributed by atoms with van der Waals surface area (Å²) in [7, 11) is 1.61. The molecule has 2 rings (SSSR count). The summed E-state index contributed by atoms with van der Waals surface area (Å²) in [6, 6.07) is 0. The lowest BCUT2D eigenvalue weighted by molar-refractivity contribution is -0.133. The lowest BCUT2D eigenvalue weighted by atomic mass is 9.96. The lowest BCUT2D eigenvalue weighted by Gasteiger charge is -2.33. The molecule has 0 spiro atoms. The van der Waals surface area contributed by atoms with Crippen LogP contribution in [0.25, 0.3) is 0 Å². The van der Waals surface area contributed by atoms with Crippen LogP contribution in [0.4, 0.5) is 0 Å². The van der Waals surface area contributed by atoms with E-state index >= 15 is 0 Å². The Bertz CT molecular complexity index is 411. The summed E-state index contributed by atoms with van der Waals surface area (Å²) in [4.78, 5) is 7.69. The van der Waals surface area contributed by atoms with Crippen LogP contribution in [0.5, 0.6) is 0 Å². The summed E-state index contributed by atoms with van der Waals surface area (Å²) in [5.41, 5.74) is 1.08. The molecule has 3 atom stereocenters. The van der Waals surface area contributed by atoms with Crippen LogP contribution in [0, 0.1) is 5.92 Å². The maximum absolute atomic E-state index is 10.2. The Morgan fingerprint density at radius 2 is 2.38 bits per heavy atom. The normalized spacial score (nSPS) is 26.1. The maximum Gasteiger partial charge on any atom is 0.107 e. The second kappa shape index (κ2) is 8.48. The molecule has 1 saturated heterocycles. The summed E-state index contributed by atoms with van der Waals surface area (Å²) in [5.74, 6) is 1.11. The van der Waals surface area contributed by atoms with Gasteiger partial charge in [0, 0.05) is 44.4 Å². The van der Waals surface area contributed by atoms with Gasteiger partial charge in [-0.2, -0.15) is 0 Å². The summed E-state index contributed by atoms with van der Waals surface area (Å²) < 4.78 is 10.7. The largest absolute Gasteiger partial charge is 0.390 e. The molecule has 1 fully saturated rings. The number of methoxy groups -OCH3 is 1. The number of imidazole rings is 1. The number of aromatic amines is 1. The predicted octanol–water partition coefficient (Wildman–Crippen LogP) is 0.864. The van der Waals surface area contributed by atoms with Crippen LogP contribution in [0.1, 0.15) is 31.3 Å². The van der Waals surface area contributed by atoms with Gasteiger partial charge in [-0.25, -0.2) is 4.98 Å². The van der Waals surface area contributed by atoms with Crippen molar-refractivity contribution in [3.8, 4) is 0 Å². The van der Waals surface area contributed by atoms with E-state index in [0.717, 1.165) is 30.9 Å². The van der Waals surface area contributed by atoms with Gasteiger partial charge in [-0.05, 0) is 6.42 Å². The fourth-order valence-corrected chi connectivity index (χ4v) is 2.58. The molecule has 6 nitrogen and oxygen atoms in total. The molecular formula is C15H27N3O3. The number of nitrogens with one attached hydrogen (secondary N) is 2. The molecule has 120 valence electrons. The first-order chi connectivity index (χ1) is 10.2. The van der Waals surface area contributed by atoms with Crippen molar-refractivity contribution >= 4 is 0 Å². The van der Waals surface area contributed by atoms with Gasteiger partial charge >= 0.3 is 0 Å². The molecule has 6 heteroatoms. The van der Waals surface area contributed by atoms with Crippen LogP contribution in [0.3, 0.4) is 0 Å². The molecule has 1 aliphatic rings. The van der Waals surface area contributed by atoms with Crippen molar-refractivity contribution in [2.75, 3.05) is 26.9 Å². The summed E-state index contributed by atoms with van der Waals surface area (Å²) in [6.45, 7) is 4.63. The summed E-state index contributed by atoms with van der Waals surface area (Å²) in [5, 5.41) is 13.5. The molecule has 1 aromatic rings. The van der Waals surface area contributed by atoms with Gasteiger partial charge in [0.25, 0.3) is 0 Å². The number of hydrogen-bond donors (Lipinski definition) is 3. The van der Waals surface area contributed by atoms with Gasteiger partial charge in [0.15, 0.2) is 0 Å². The lowest BCUT2D eigenvalue weighted by Crippen LogP contribution is -2.48. The van der Waals surface area contributed by atoms with Gasteiger partial charge in [0.2, 0.25) is 0 Å². The Hall–Kier alpha value is -0.950. The van der Waals surface area contributed by atoms with Gasteiger partial charge in [-0.15, -0.1) is 0 Å². The minimum absolute atomic E-state index is 0.0613. The van der Waals surface area contributed by atoms with Crippen molar-refractivity contribution in [3.05, 3.63) is 17.7 Å². The first kappa shape index (κ1) is 16.4. The van der Waals surface area contributed by atoms with E-state index in [2.05, 4.69) is 22.2 Å². The number of H-pyrrole nitrogens is 1. The molecule has 0 radical (unpaired) electrons. The van der Waals surface area contributed by atoms with E-state index in [1.165, 1.54) is 6.42 Å². The zero-order valence-corrected chi connectivity index (χ0v) is 13.0. The Morgan fingerprint density at radius 3 is 3.14 bits per heavy atom.